The van der Waals surface area contributed by atoms with Crippen LogP contribution in [0.25, 0.3) is 0 Å². The summed E-state index contributed by atoms with van der Waals surface area (Å²) in [4.78, 5) is 27.2. The third-order valence-electron chi connectivity index (χ3n) is 6.44. The van der Waals surface area contributed by atoms with Gasteiger partial charge in [0.25, 0.3) is 5.91 Å². The molecule has 0 aromatic heterocycles. The number of para-hydroxylation sites is 1. The molecule has 4 rings (SSSR count). The molecule has 0 atom stereocenters. The fraction of sp³-hybridized carbons (Fsp3) is 0.286. The Bertz CT molecular complexity index is 1170. The Morgan fingerprint density at radius 3 is 2.35 bits per heavy atom. The van der Waals surface area contributed by atoms with Crippen molar-refractivity contribution < 1.29 is 19.1 Å². The molecule has 6 nitrogen and oxygen atoms in total. The summed E-state index contributed by atoms with van der Waals surface area (Å²) < 4.78 is 11.0. The Morgan fingerprint density at radius 1 is 0.971 bits per heavy atom. The first-order valence-electron chi connectivity index (χ1n) is 11.5. The lowest BCUT2D eigenvalue weighted by molar-refractivity contribution is 0.0732. The molecule has 3 aromatic carbocycles. The molecule has 1 aliphatic rings. The van der Waals surface area contributed by atoms with E-state index in [2.05, 4.69) is 11.9 Å². The van der Waals surface area contributed by atoms with Gasteiger partial charge < -0.3 is 20.1 Å². The number of hydrogen-bond acceptors (Lipinski definition) is 5. The van der Waals surface area contributed by atoms with Crippen molar-refractivity contribution in [3.8, 4) is 11.5 Å². The molecule has 1 amide bonds. The van der Waals surface area contributed by atoms with Crippen LogP contribution in [-0.2, 0) is 6.42 Å². The number of hydrogen-bond donors (Lipinski definition) is 1. The standard InChI is InChI=1S/C28H30N2O4/c1-30-15-13-20(14-16-30)22-11-12-26(24(18-22)27(29)31)34-28(32)21-9-7-19(8-10-21)17-23-5-3-4-6-25(23)33-2/h3-12,18,20H,13-17H2,1-2H3,(H2,29,31). The van der Waals surface area contributed by atoms with Crippen molar-refractivity contribution in [2.24, 2.45) is 5.73 Å². The van der Waals surface area contributed by atoms with Gasteiger partial charge in [0.1, 0.15) is 11.5 Å². The van der Waals surface area contributed by atoms with Crippen molar-refractivity contribution in [3.05, 3.63) is 94.5 Å². The van der Waals surface area contributed by atoms with Crippen LogP contribution in [0, 0.1) is 0 Å². The quantitative estimate of drug-likeness (QED) is 0.419. The fourth-order valence-electron chi connectivity index (χ4n) is 4.41. The number of amides is 1. The van der Waals surface area contributed by atoms with E-state index >= 15 is 0 Å². The van der Waals surface area contributed by atoms with Crippen LogP contribution >= 0.6 is 0 Å². The van der Waals surface area contributed by atoms with E-state index in [4.69, 9.17) is 15.2 Å². The minimum Gasteiger partial charge on any atom is -0.496 e. The summed E-state index contributed by atoms with van der Waals surface area (Å²) >= 11 is 0. The number of carbonyl (C=O) groups is 2. The maximum atomic E-state index is 12.8. The Labute approximate surface area is 200 Å². The lowest BCUT2D eigenvalue weighted by atomic mass is 9.88. The van der Waals surface area contributed by atoms with Crippen molar-refractivity contribution >= 4 is 11.9 Å². The van der Waals surface area contributed by atoms with Crippen LogP contribution in [-0.4, -0.2) is 44.0 Å². The largest absolute Gasteiger partial charge is 0.496 e. The highest BCUT2D eigenvalue weighted by atomic mass is 16.5. The summed E-state index contributed by atoms with van der Waals surface area (Å²) in [5.74, 6) is 0.249. The van der Waals surface area contributed by atoms with Crippen LogP contribution in [0.2, 0.25) is 0 Å². The fourth-order valence-corrected chi connectivity index (χ4v) is 4.41. The number of carbonyl (C=O) groups excluding carboxylic acids is 2. The molecule has 1 heterocycles. The number of likely N-dealkylation sites (tertiary alicyclic amines) is 1. The van der Waals surface area contributed by atoms with Gasteiger partial charge in [0.2, 0.25) is 0 Å². The van der Waals surface area contributed by atoms with E-state index in [0.29, 0.717) is 17.9 Å². The summed E-state index contributed by atoms with van der Waals surface area (Å²) in [5.41, 5.74) is 9.42. The second kappa shape index (κ2) is 10.5. The van der Waals surface area contributed by atoms with Crippen LogP contribution in [0.15, 0.2) is 66.7 Å². The highest BCUT2D eigenvalue weighted by Gasteiger charge is 2.22. The molecular formula is C28H30N2O4. The number of esters is 1. The van der Waals surface area contributed by atoms with Gasteiger partial charge in [0.05, 0.1) is 18.2 Å². The van der Waals surface area contributed by atoms with Gasteiger partial charge in [-0.15, -0.1) is 0 Å². The number of nitrogens with two attached hydrogens (primary N) is 1. The molecule has 2 N–H and O–H groups in total. The van der Waals surface area contributed by atoms with Gasteiger partial charge in [-0.2, -0.15) is 0 Å². The molecular weight excluding hydrogens is 428 g/mol. The number of primary amides is 1. The Balaban J connectivity index is 1.47. The lowest BCUT2D eigenvalue weighted by Gasteiger charge is -2.29. The average Bonchev–Trinajstić information content (AvgIpc) is 2.85. The summed E-state index contributed by atoms with van der Waals surface area (Å²) in [7, 11) is 3.76. The molecule has 1 saturated heterocycles. The minimum absolute atomic E-state index is 0.187. The van der Waals surface area contributed by atoms with Crippen molar-refractivity contribution in [2.75, 3.05) is 27.2 Å². The maximum Gasteiger partial charge on any atom is 0.343 e. The molecule has 0 bridgehead atoms. The summed E-state index contributed by atoms with van der Waals surface area (Å²) in [5, 5.41) is 0. The van der Waals surface area contributed by atoms with Gasteiger partial charge in [-0.1, -0.05) is 36.4 Å². The SMILES string of the molecule is COc1ccccc1Cc1ccc(C(=O)Oc2ccc(C3CCN(C)CC3)cc2C(N)=O)cc1. The van der Waals surface area contributed by atoms with Gasteiger partial charge in [0, 0.05) is 6.42 Å². The van der Waals surface area contributed by atoms with Gasteiger partial charge >= 0.3 is 5.97 Å². The molecule has 1 fully saturated rings. The van der Waals surface area contributed by atoms with Gasteiger partial charge in [-0.25, -0.2) is 4.79 Å². The first-order chi connectivity index (χ1) is 16.4. The number of piperidine rings is 1. The van der Waals surface area contributed by atoms with E-state index in [-0.39, 0.29) is 11.3 Å². The Hall–Kier alpha value is -3.64. The summed E-state index contributed by atoms with van der Waals surface area (Å²) in [6.07, 6.45) is 2.73. The topological polar surface area (TPSA) is 81.9 Å². The second-order valence-corrected chi connectivity index (χ2v) is 8.77. The second-order valence-electron chi connectivity index (χ2n) is 8.77. The first kappa shape index (κ1) is 23.5. The van der Waals surface area contributed by atoms with E-state index in [9.17, 15) is 9.59 Å². The molecule has 0 spiro atoms. The number of ether oxygens (including phenoxy) is 2. The molecule has 0 aliphatic carbocycles. The van der Waals surface area contributed by atoms with Crippen molar-refractivity contribution in [1.82, 2.24) is 4.90 Å². The van der Waals surface area contributed by atoms with Gasteiger partial charge in [-0.05, 0) is 85.9 Å². The van der Waals surface area contributed by atoms with Crippen LogP contribution in [0.3, 0.4) is 0 Å². The number of rotatable bonds is 7. The highest BCUT2D eigenvalue weighted by Crippen LogP contribution is 2.31. The van der Waals surface area contributed by atoms with Crippen LogP contribution < -0.4 is 15.2 Å². The third kappa shape index (κ3) is 5.46. The normalized spacial score (nSPS) is 14.5. The van der Waals surface area contributed by atoms with Crippen LogP contribution in [0.4, 0.5) is 0 Å². The van der Waals surface area contributed by atoms with Crippen LogP contribution in [0.5, 0.6) is 11.5 Å². The number of benzene rings is 3. The predicted octanol–water partition coefficient (Wildman–Crippen LogP) is 4.41. The third-order valence-corrected chi connectivity index (χ3v) is 6.44. The van der Waals surface area contributed by atoms with E-state index in [1.165, 1.54) is 0 Å². The smallest absolute Gasteiger partial charge is 0.343 e. The van der Waals surface area contributed by atoms with E-state index < -0.39 is 11.9 Å². The van der Waals surface area contributed by atoms with Gasteiger partial charge in [0.15, 0.2) is 0 Å². The van der Waals surface area contributed by atoms with Gasteiger partial charge in [-0.3, -0.25) is 4.79 Å². The highest BCUT2D eigenvalue weighted by molar-refractivity contribution is 5.98. The zero-order chi connectivity index (χ0) is 24.1. The zero-order valence-corrected chi connectivity index (χ0v) is 19.6. The minimum atomic E-state index is -0.607. The van der Waals surface area contributed by atoms with Crippen LogP contribution in [0.1, 0.15) is 56.2 Å². The Kier molecular flexibility index (Phi) is 7.28. The molecule has 0 unspecified atom stereocenters. The van der Waals surface area contributed by atoms with Crippen molar-refractivity contribution in [1.29, 1.82) is 0 Å². The van der Waals surface area contributed by atoms with Crippen molar-refractivity contribution in [2.45, 2.75) is 25.2 Å². The van der Waals surface area contributed by atoms with Crippen molar-refractivity contribution in [3.63, 3.8) is 0 Å². The van der Waals surface area contributed by atoms with E-state index in [1.54, 1.807) is 31.4 Å². The first-order valence-corrected chi connectivity index (χ1v) is 11.5. The molecule has 34 heavy (non-hydrogen) atoms. The molecule has 6 heteroatoms. The molecule has 176 valence electrons. The predicted molar refractivity (Wildman–Crippen MR) is 132 cm³/mol. The maximum absolute atomic E-state index is 12.8. The van der Waals surface area contributed by atoms with E-state index in [1.807, 2.05) is 42.5 Å². The summed E-state index contributed by atoms with van der Waals surface area (Å²) in [6, 6.07) is 20.5. The molecule has 1 aliphatic heterocycles. The lowest BCUT2D eigenvalue weighted by Crippen LogP contribution is -2.29. The molecule has 0 radical (unpaired) electrons. The zero-order valence-electron chi connectivity index (χ0n) is 19.6. The molecule has 0 saturated carbocycles. The summed E-state index contributed by atoms with van der Waals surface area (Å²) in [6.45, 7) is 2.03. The number of nitrogens with zero attached hydrogens (tertiary/aromatic N) is 1. The number of methoxy groups -OCH3 is 1. The Morgan fingerprint density at radius 2 is 1.68 bits per heavy atom. The molecule has 3 aromatic rings. The average molecular weight is 459 g/mol. The monoisotopic (exact) mass is 458 g/mol. The van der Waals surface area contributed by atoms with E-state index in [0.717, 1.165) is 48.4 Å².